The van der Waals surface area contributed by atoms with Crippen LogP contribution in [0.1, 0.15) is 36.2 Å². The van der Waals surface area contributed by atoms with Crippen LogP contribution in [-0.2, 0) is 19.0 Å². The maximum atomic E-state index is 13.7. The molecule has 4 rings (SSSR count). The van der Waals surface area contributed by atoms with Crippen LogP contribution >= 0.6 is 11.3 Å². The van der Waals surface area contributed by atoms with Crippen LogP contribution in [0.5, 0.6) is 0 Å². The van der Waals surface area contributed by atoms with Crippen LogP contribution in [0, 0.1) is 0 Å². The SMILES string of the molecule is FC(F)(F)c1c2c(nn1-c1nc(-c3ccncc3)cs1)CCCCC2. The summed E-state index contributed by atoms with van der Waals surface area (Å²) in [6.07, 6.45) is 2.41. The number of thiazole rings is 1. The minimum absolute atomic E-state index is 0.243. The number of nitrogens with zero attached hydrogens (tertiary/aromatic N) is 4. The summed E-state index contributed by atoms with van der Waals surface area (Å²) in [7, 11) is 0. The zero-order chi connectivity index (χ0) is 17.4. The van der Waals surface area contributed by atoms with Crippen molar-refractivity contribution in [3.05, 3.63) is 46.9 Å². The van der Waals surface area contributed by atoms with E-state index >= 15 is 0 Å². The fraction of sp³-hybridized carbons (Fsp3) is 0.353. The molecule has 0 aliphatic heterocycles. The molecule has 0 N–H and O–H groups in total. The molecule has 0 fully saturated rings. The Labute approximate surface area is 146 Å². The highest BCUT2D eigenvalue weighted by molar-refractivity contribution is 7.12. The van der Waals surface area contributed by atoms with E-state index < -0.39 is 11.9 Å². The van der Waals surface area contributed by atoms with Crippen molar-refractivity contribution in [2.75, 3.05) is 0 Å². The van der Waals surface area contributed by atoms with E-state index in [1.54, 1.807) is 29.9 Å². The van der Waals surface area contributed by atoms with E-state index in [-0.39, 0.29) is 5.13 Å². The average molecular weight is 364 g/mol. The van der Waals surface area contributed by atoms with Crippen LogP contribution in [0.15, 0.2) is 29.9 Å². The van der Waals surface area contributed by atoms with Crippen LogP contribution < -0.4 is 0 Å². The number of pyridine rings is 1. The van der Waals surface area contributed by atoms with Crippen LogP contribution in [0.2, 0.25) is 0 Å². The van der Waals surface area contributed by atoms with Crippen LogP contribution in [0.3, 0.4) is 0 Å². The summed E-state index contributed by atoms with van der Waals surface area (Å²) in [6.45, 7) is 0. The molecule has 0 bridgehead atoms. The number of fused-ring (bicyclic) bond motifs is 1. The van der Waals surface area contributed by atoms with Gasteiger partial charge in [0.1, 0.15) is 0 Å². The maximum Gasteiger partial charge on any atom is 0.433 e. The molecular weight excluding hydrogens is 349 g/mol. The summed E-state index contributed by atoms with van der Waals surface area (Å²) in [5, 5.41) is 6.28. The predicted octanol–water partition coefficient (Wildman–Crippen LogP) is 4.68. The first-order valence-corrected chi connectivity index (χ1v) is 8.96. The number of hydrogen-bond donors (Lipinski definition) is 0. The van der Waals surface area contributed by atoms with Crippen molar-refractivity contribution in [2.24, 2.45) is 0 Å². The second kappa shape index (κ2) is 6.25. The predicted molar refractivity (Wildman–Crippen MR) is 88.7 cm³/mol. The van der Waals surface area contributed by atoms with Gasteiger partial charge in [-0.15, -0.1) is 11.3 Å². The Morgan fingerprint density at radius 3 is 2.56 bits per heavy atom. The molecule has 1 aliphatic carbocycles. The molecule has 130 valence electrons. The van der Waals surface area contributed by atoms with Crippen molar-refractivity contribution in [2.45, 2.75) is 38.3 Å². The summed E-state index contributed by atoms with van der Waals surface area (Å²) in [4.78, 5) is 8.33. The molecule has 25 heavy (non-hydrogen) atoms. The first kappa shape index (κ1) is 16.3. The number of aryl methyl sites for hydroxylation is 1. The summed E-state index contributed by atoms with van der Waals surface area (Å²) in [6, 6.07) is 3.56. The molecule has 3 aromatic heterocycles. The van der Waals surface area contributed by atoms with Gasteiger partial charge in [0.05, 0.1) is 11.4 Å². The molecule has 0 aromatic carbocycles. The Bertz CT molecular complexity index is 883. The number of alkyl halides is 3. The molecule has 0 atom stereocenters. The number of halogens is 3. The van der Waals surface area contributed by atoms with Crippen molar-refractivity contribution >= 4 is 11.3 Å². The van der Waals surface area contributed by atoms with Crippen LogP contribution in [0.25, 0.3) is 16.4 Å². The van der Waals surface area contributed by atoms with Gasteiger partial charge in [0.25, 0.3) is 0 Å². The minimum Gasteiger partial charge on any atom is -0.265 e. The lowest BCUT2D eigenvalue weighted by Gasteiger charge is -2.10. The fourth-order valence-electron chi connectivity index (χ4n) is 3.18. The molecule has 0 saturated heterocycles. The zero-order valence-electron chi connectivity index (χ0n) is 13.3. The third kappa shape index (κ3) is 3.06. The lowest BCUT2D eigenvalue weighted by molar-refractivity contribution is -0.143. The molecular formula is C17H15F3N4S. The molecule has 0 spiro atoms. The maximum absolute atomic E-state index is 13.7. The smallest absolute Gasteiger partial charge is 0.265 e. The molecule has 0 saturated carbocycles. The first-order chi connectivity index (χ1) is 12.0. The summed E-state index contributed by atoms with van der Waals surface area (Å²) >= 11 is 1.17. The van der Waals surface area contributed by atoms with E-state index in [0.717, 1.165) is 29.5 Å². The number of hydrogen-bond acceptors (Lipinski definition) is 4. The van der Waals surface area contributed by atoms with Crippen LogP contribution in [0.4, 0.5) is 13.2 Å². The molecule has 0 amide bonds. The Morgan fingerprint density at radius 2 is 1.80 bits per heavy atom. The normalized spacial score (nSPS) is 15.0. The largest absolute Gasteiger partial charge is 0.433 e. The number of aromatic nitrogens is 4. The Kier molecular flexibility index (Phi) is 4.07. The van der Waals surface area contributed by atoms with Gasteiger partial charge < -0.3 is 0 Å². The zero-order valence-corrected chi connectivity index (χ0v) is 14.1. The van der Waals surface area contributed by atoms with E-state index in [2.05, 4.69) is 15.1 Å². The van der Waals surface area contributed by atoms with Crippen molar-refractivity contribution in [1.29, 1.82) is 0 Å². The third-order valence-corrected chi connectivity index (χ3v) is 5.14. The Hall–Kier alpha value is -2.22. The van der Waals surface area contributed by atoms with E-state index in [4.69, 9.17) is 0 Å². The topological polar surface area (TPSA) is 43.6 Å². The van der Waals surface area contributed by atoms with Crippen LogP contribution in [-0.4, -0.2) is 19.7 Å². The average Bonchev–Trinajstić information content (AvgIpc) is 3.15. The van der Waals surface area contributed by atoms with Gasteiger partial charge >= 0.3 is 6.18 Å². The Morgan fingerprint density at radius 1 is 1.04 bits per heavy atom. The summed E-state index contributed by atoms with van der Waals surface area (Å²) < 4.78 is 42.2. The molecule has 8 heteroatoms. The highest BCUT2D eigenvalue weighted by Gasteiger charge is 2.41. The van der Waals surface area contributed by atoms with E-state index in [1.807, 2.05) is 0 Å². The fourth-order valence-corrected chi connectivity index (χ4v) is 3.97. The van der Waals surface area contributed by atoms with Gasteiger partial charge in [-0.05, 0) is 37.8 Å². The van der Waals surface area contributed by atoms with Gasteiger partial charge in [-0.1, -0.05) is 6.42 Å². The van der Waals surface area contributed by atoms with E-state index in [0.29, 0.717) is 29.8 Å². The molecule has 0 unspecified atom stereocenters. The van der Waals surface area contributed by atoms with Gasteiger partial charge in [-0.2, -0.15) is 18.3 Å². The summed E-state index contributed by atoms with van der Waals surface area (Å²) in [5.74, 6) is 0. The van der Waals surface area contributed by atoms with Gasteiger partial charge in [-0.3, -0.25) is 4.98 Å². The standard InChI is InChI=1S/C17H15F3N4S/c18-17(19,20)15-12-4-2-1-3-5-13(12)23-24(15)16-22-14(10-25-16)11-6-8-21-9-7-11/h6-10H,1-5H2. The van der Waals surface area contributed by atoms with E-state index in [9.17, 15) is 13.2 Å². The molecule has 4 nitrogen and oxygen atoms in total. The highest BCUT2D eigenvalue weighted by Crippen LogP contribution is 2.38. The second-order valence-corrected chi connectivity index (χ2v) is 6.83. The van der Waals surface area contributed by atoms with Crippen molar-refractivity contribution < 1.29 is 13.2 Å². The summed E-state index contributed by atoms with van der Waals surface area (Å²) in [5.41, 5.74) is 1.68. The van der Waals surface area contributed by atoms with E-state index in [1.165, 1.54) is 11.3 Å². The van der Waals surface area contributed by atoms with Gasteiger partial charge in [0.15, 0.2) is 5.69 Å². The van der Waals surface area contributed by atoms with Crippen molar-refractivity contribution in [1.82, 2.24) is 19.7 Å². The first-order valence-electron chi connectivity index (χ1n) is 8.08. The quantitative estimate of drug-likeness (QED) is 0.620. The van der Waals surface area contributed by atoms with Crippen molar-refractivity contribution in [3.63, 3.8) is 0 Å². The Balaban J connectivity index is 1.82. The van der Waals surface area contributed by atoms with Gasteiger partial charge in [-0.25, -0.2) is 9.67 Å². The molecule has 3 aromatic rings. The monoisotopic (exact) mass is 364 g/mol. The van der Waals surface area contributed by atoms with Gasteiger partial charge in [0, 0.05) is 28.9 Å². The molecule has 3 heterocycles. The molecule has 0 radical (unpaired) electrons. The number of rotatable bonds is 2. The molecule has 1 aliphatic rings. The lowest BCUT2D eigenvalue weighted by atomic mass is 10.1. The minimum atomic E-state index is -4.45. The third-order valence-electron chi connectivity index (χ3n) is 4.32. The highest BCUT2D eigenvalue weighted by atomic mass is 32.1. The lowest BCUT2D eigenvalue weighted by Crippen LogP contribution is -2.15. The van der Waals surface area contributed by atoms with Crippen molar-refractivity contribution in [3.8, 4) is 16.4 Å². The van der Waals surface area contributed by atoms with Gasteiger partial charge in [0.2, 0.25) is 5.13 Å². The second-order valence-electron chi connectivity index (χ2n) is 6.00.